The van der Waals surface area contributed by atoms with E-state index in [0.29, 0.717) is 9.98 Å². The molecule has 0 saturated carbocycles. The molecule has 0 radical (unpaired) electrons. The van der Waals surface area contributed by atoms with Crippen LogP contribution in [0.2, 0.25) is 0 Å². The van der Waals surface area contributed by atoms with Crippen molar-refractivity contribution in [2.45, 2.75) is 24.5 Å². The zero-order chi connectivity index (χ0) is 8.39. The average molecular weight is 249 g/mol. The average Bonchev–Trinajstić information content (AvgIpc) is 2.54. The first-order valence-corrected chi connectivity index (χ1v) is 5.81. The Morgan fingerprint density at radius 2 is 2.42 bits per heavy atom. The van der Waals surface area contributed by atoms with Gasteiger partial charge in [0.1, 0.15) is 0 Å². The van der Waals surface area contributed by atoms with Gasteiger partial charge in [-0.25, -0.2) is 0 Å². The molecule has 0 amide bonds. The van der Waals surface area contributed by atoms with Crippen LogP contribution in [0.4, 0.5) is 0 Å². The van der Waals surface area contributed by atoms with Gasteiger partial charge >= 0.3 is 0 Å². The van der Waals surface area contributed by atoms with Gasteiger partial charge < -0.3 is 4.52 Å². The second kappa shape index (κ2) is 3.79. The fourth-order valence-electron chi connectivity index (χ4n) is 1.28. The van der Waals surface area contributed by atoms with Crippen molar-refractivity contribution in [3.8, 4) is 0 Å². The molecule has 1 aromatic rings. The maximum atomic E-state index is 5.07. The van der Waals surface area contributed by atoms with Crippen molar-refractivity contribution in [2.75, 3.05) is 5.75 Å². The van der Waals surface area contributed by atoms with Gasteiger partial charge in [-0.15, -0.1) is 11.8 Å². The molecule has 1 atom stereocenters. The Balaban J connectivity index is 2.08. The van der Waals surface area contributed by atoms with Crippen LogP contribution in [-0.2, 0) is 0 Å². The first-order valence-electron chi connectivity index (χ1n) is 3.97. The molecule has 3 nitrogen and oxygen atoms in total. The number of hydrogen-bond acceptors (Lipinski definition) is 4. The predicted octanol–water partition coefficient (Wildman–Crippen LogP) is 2.79. The summed E-state index contributed by atoms with van der Waals surface area (Å²) in [6.45, 7) is 0. The van der Waals surface area contributed by atoms with Crippen molar-refractivity contribution < 1.29 is 4.52 Å². The van der Waals surface area contributed by atoms with E-state index < -0.39 is 0 Å². The lowest BCUT2D eigenvalue weighted by Crippen LogP contribution is -2.02. The zero-order valence-electron chi connectivity index (χ0n) is 6.49. The fourth-order valence-corrected chi connectivity index (χ4v) is 2.76. The molecule has 66 valence electrons. The summed E-state index contributed by atoms with van der Waals surface area (Å²) in [4.78, 5) is 4.15. The van der Waals surface area contributed by atoms with E-state index in [-0.39, 0.29) is 0 Å². The Hall–Kier alpha value is -0.0300. The summed E-state index contributed by atoms with van der Waals surface area (Å²) in [5.74, 6) is 1.98. The van der Waals surface area contributed by atoms with E-state index in [9.17, 15) is 0 Å². The molecule has 1 aliphatic rings. The second-order valence-electron chi connectivity index (χ2n) is 2.76. The van der Waals surface area contributed by atoms with Crippen LogP contribution >= 0.6 is 27.7 Å². The van der Waals surface area contributed by atoms with Crippen molar-refractivity contribution in [2.24, 2.45) is 0 Å². The van der Waals surface area contributed by atoms with Crippen molar-refractivity contribution in [3.63, 3.8) is 0 Å². The first kappa shape index (κ1) is 8.56. The molecule has 0 spiro atoms. The van der Waals surface area contributed by atoms with Crippen LogP contribution in [-0.4, -0.2) is 15.9 Å². The number of aromatic nitrogens is 2. The zero-order valence-corrected chi connectivity index (χ0v) is 8.90. The van der Waals surface area contributed by atoms with Gasteiger partial charge in [0, 0.05) is 0 Å². The summed E-state index contributed by atoms with van der Waals surface area (Å²) in [6.07, 6.45) is 3.76. The van der Waals surface area contributed by atoms with E-state index in [0.717, 1.165) is 5.89 Å². The molecule has 1 unspecified atom stereocenters. The minimum Gasteiger partial charge on any atom is -0.337 e. The van der Waals surface area contributed by atoms with Crippen molar-refractivity contribution >= 4 is 27.7 Å². The molecule has 0 aliphatic carbocycles. The normalized spacial score (nSPS) is 24.2. The van der Waals surface area contributed by atoms with Crippen LogP contribution in [0.3, 0.4) is 0 Å². The molecule has 0 bridgehead atoms. The Labute approximate surface area is 83.4 Å². The van der Waals surface area contributed by atoms with Crippen LogP contribution in [0.15, 0.2) is 9.26 Å². The molecule has 1 saturated heterocycles. The smallest absolute Gasteiger partial charge is 0.240 e. The Bertz CT molecular complexity index is 260. The van der Waals surface area contributed by atoms with Gasteiger partial charge in [-0.3, -0.25) is 0 Å². The molecular weight excluding hydrogens is 240 g/mol. The summed E-state index contributed by atoms with van der Waals surface area (Å²) in [5.41, 5.74) is 0. The molecule has 1 aliphatic heterocycles. The minimum atomic E-state index is 0.428. The lowest BCUT2D eigenvalue weighted by molar-refractivity contribution is 0.367. The molecule has 1 fully saturated rings. The Morgan fingerprint density at radius 1 is 1.50 bits per heavy atom. The number of hydrogen-bond donors (Lipinski definition) is 0. The number of halogens is 1. The van der Waals surface area contributed by atoms with Gasteiger partial charge in [0.25, 0.3) is 0 Å². The summed E-state index contributed by atoms with van der Waals surface area (Å²) in [6, 6.07) is 0. The standard InChI is InChI=1S/C7H9BrN2OS/c8-7-9-6(11-10-7)5-3-1-2-4-12-5/h5H,1-4H2. The number of rotatable bonds is 1. The van der Waals surface area contributed by atoms with E-state index >= 15 is 0 Å². The van der Waals surface area contributed by atoms with Crippen LogP contribution in [0, 0.1) is 0 Å². The molecule has 2 rings (SSSR count). The van der Waals surface area contributed by atoms with Gasteiger partial charge in [-0.1, -0.05) is 6.42 Å². The van der Waals surface area contributed by atoms with Crippen LogP contribution in [0.25, 0.3) is 0 Å². The maximum Gasteiger partial charge on any atom is 0.240 e. The van der Waals surface area contributed by atoms with E-state index in [4.69, 9.17) is 4.52 Å². The molecular formula is C7H9BrN2OS. The molecule has 5 heteroatoms. The van der Waals surface area contributed by atoms with E-state index in [2.05, 4.69) is 26.1 Å². The highest BCUT2D eigenvalue weighted by Gasteiger charge is 2.21. The summed E-state index contributed by atoms with van der Waals surface area (Å²) >= 11 is 5.09. The third-order valence-corrected chi connectivity index (χ3v) is 3.56. The number of nitrogens with zero attached hydrogens (tertiary/aromatic N) is 2. The number of thioether (sulfide) groups is 1. The van der Waals surface area contributed by atoms with Crippen LogP contribution in [0.5, 0.6) is 0 Å². The SMILES string of the molecule is Brc1noc(C2CCCCS2)n1. The fraction of sp³-hybridized carbons (Fsp3) is 0.714. The lowest BCUT2D eigenvalue weighted by atomic mass is 10.2. The van der Waals surface area contributed by atoms with Gasteiger partial charge in [-0.2, -0.15) is 4.98 Å². The monoisotopic (exact) mass is 248 g/mol. The summed E-state index contributed by atoms with van der Waals surface area (Å²) in [7, 11) is 0. The molecule has 2 heterocycles. The summed E-state index contributed by atoms with van der Waals surface area (Å²) in [5, 5.41) is 4.14. The highest BCUT2D eigenvalue weighted by atomic mass is 79.9. The van der Waals surface area contributed by atoms with Gasteiger partial charge in [-0.05, 0) is 39.7 Å². The lowest BCUT2D eigenvalue weighted by Gasteiger charge is -2.16. The Morgan fingerprint density at radius 3 is 3.00 bits per heavy atom. The third kappa shape index (κ3) is 1.82. The first-order chi connectivity index (χ1) is 5.86. The molecule has 1 aromatic heterocycles. The third-order valence-electron chi connectivity index (χ3n) is 1.87. The van der Waals surface area contributed by atoms with Gasteiger partial charge in [0.15, 0.2) is 0 Å². The predicted molar refractivity (Wildman–Crippen MR) is 51.0 cm³/mol. The Kier molecular flexibility index (Phi) is 2.70. The summed E-state index contributed by atoms with van der Waals surface area (Å²) < 4.78 is 5.63. The van der Waals surface area contributed by atoms with Gasteiger partial charge in [0.2, 0.25) is 10.6 Å². The van der Waals surface area contributed by atoms with Crippen molar-refractivity contribution in [3.05, 3.63) is 10.6 Å². The van der Waals surface area contributed by atoms with Crippen LogP contribution < -0.4 is 0 Å². The van der Waals surface area contributed by atoms with Crippen LogP contribution in [0.1, 0.15) is 30.4 Å². The molecule has 0 N–H and O–H groups in total. The van der Waals surface area contributed by atoms with Crippen molar-refractivity contribution in [1.82, 2.24) is 10.1 Å². The van der Waals surface area contributed by atoms with E-state index in [1.54, 1.807) is 0 Å². The highest BCUT2D eigenvalue weighted by Crippen LogP contribution is 2.37. The van der Waals surface area contributed by atoms with E-state index in [1.165, 1.54) is 25.0 Å². The maximum absolute atomic E-state index is 5.07. The molecule has 0 aromatic carbocycles. The van der Waals surface area contributed by atoms with Gasteiger partial charge in [0.05, 0.1) is 5.25 Å². The van der Waals surface area contributed by atoms with Crippen molar-refractivity contribution in [1.29, 1.82) is 0 Å². The largest absolute Gasteiger partial charge is 0.337 e. The minimum absolute atomic E-state index is 0.428. The topological polar surface area (TPSA) is 38.9 Å². The quantitative estimate of drug-likeness (QED) is 0.767. The molecule has 12 heavy (non-hydrogen) atoms. The highest BCUT2D eigenvalue weighted by molar-refractivity contribution is 9.10. The van der Waals surface area contributed by atoms with E-state index in [1.807, 2.05) is 11.8 Å². The second-order valence-corrected chi connectivity index (χ2v) is 4.78.